The lowest BCUT2D eigenvalue weighted by molar-refractivity contribution is -0.121. The molecule has 0 atom stereocenters. The maximum absolute atomic E-state index is 12.8. The van der Waals surface area contributed by atoms with Crippen molar-refractivity contribution in [1.29, 1.82) is 0 Å². The van der Waals surface area contributed by atoms with E-state index in [4.69, 9.17) is 4.74 Å². The van der Waals surface area contributed by atoms with Crippen LogP contribution in [0.3, 0.4) is 0 Å². The van der Waals surface area contributed by atoms with Crippen LogP contribution >= 0.6 is 0 Å². The Morgan fingerprint density at radius 2 is 1.80 bits per heavy atom. The molecule has 5 heteroatoms. The Morgan fingerprint density at radius 1 is 1.03 bits per heavy atom. The Balaban J connectivity index is 1.50. The number of anilines is 2. The predicted octanol–water partition coefficient (Wildman–Crippen LogP) is 4.74. The molecule has 0 fully saturated rings. The summed E-state index contributed by atoms with van der Waals surface area (Å²) in [5.74, 6) is 0.485. The van der Waals surface area contributed by atoms with Crippen molar-refractivity contribution in [3.05, 3.63) is 89.0 Å². The number of hydrogen-bond acceptors (Lipinski definition) is 3. The highest BCUT2D eigenvalue weighted by atomic mass is 16.5. The first-order valence-electron chi connectivity index (χ1n) is 10.1. The van der Waals surface area contributed by atoms with Gasteiger partial charge in [-0.05, 0) is 54.3 Å². The number of nitrogens with zero attached hydrogens (tertiary/aromatic N) is 1. The van der Waals surface area contributed by atoms with Crippen molar-refractivity contribution in [2.45, 2.75) is 26.8 Å². The second-order valence-corrected chi connectivity index (χ2v) is 7.35. The Hall–Kier alpha value is -3.60. The van der Waals surface area contributed by atoms with Gasteiger partial charge in [0.1, 0.15) is 5.75 Å². The number of amides is 2. The molecule has 3 aromatic rings. The summed E-state index contributed by atoms with van der Waals surface area (Å²) < 4.78 is 5.50. The summed E-state index contributed by atoms with van der Waals surface area (Å²) >= 11 is 0. The molecular weight excluding hydrogens is 376 g/mol. The lowest BCUT2D eigenvalue weighted by Crippen LogP contribution is -2.38. The first kappa shape index (κ1) is 19.7. The molecular formula is C25H24N2O3. The number of para-hydroxylation sites is 3. The smallest absolute Gasteiger partial charge is 0.265 e. The van der Waals surface area contributed by atoms with Crippen LogP contribution in [0, 0.1) is 6.92 Å². The van der Waals surface area contributed by atoms with Gasteiger partial charge in [-0.15, -0.1) is 0 Å². The quantitative estimate of drug-likeness (QED) is 0.673. The fraction of sp³-hybridized carbons (Fsp3) is 0.200. The third-order valence-electron chi connectivity index (χ3n) is 5.34. The molecule has 1 N–H and O–H groups in total. The maximum atomic E-state index is 12.8. The summed E-state index contributed by atoms with van der Waals surface area (Å²) in [6.07, 6.45) is 0.852. The van der Waals surface area contributed by atoms with E-state index in [1.54, 1.807) is 17.0 Å². The number of carbonyl (C=O) groups excluding carboxylic acids is 2. The number of fused-ring (bicyclic) bond motifs is 1. The number of rotatable bonds is 5. The van der Waals surface area contributed by atoms with Crippen molar-refractivity contribution in [2.75, 3.05) is 16.8 Å². The highest BCUT2D eigenvalue weighted by Crippen LogP contribution is 2.32. The summed E-state index contributed by atoms with van der Waals surface area (Å²) in [6.45, 7) is 4.53. The second-order valence-electron chi connectivity index (χ2n) is 7.35. The van der Waals surface area contributed by atoms with Crippen LogP contribution in [-0.4, -0.2) is 18.4 Å². The zero-order valence-corrected chi connectivity index (χ0v) is 17.1. The molecule has 3 aromatic carbocycles. The third-order valence-corrected chi connectivity index (χ3v) is 5.34. The lowest BCUT2D eigenvalue weighted by atomic mass is 10.0. The van der Waals surface area contributed by atoms with Crippen molar-refractivity contribution in [2.24, 2.45) is 0 Å². The van der Waals surface area contributed by atoms with Gasteiger partial charge >= 0.3 is 0 Å². The molecule has 152 valence electrons. The SMILES string of the molecule is CCc1cccc(C)c1NC(=O)c1ccc(CN2C(=O)COc3ccccc32)cc1. The zero-order valence-electron chi connectivity index (χ0n) is 17.1. The van der Waals surface area contributed by atoms with E-state index in [9.17, 15) is 9.59 Å². The van der Waals surface area contributed by atoms with Crippen LogP contribution in [0.5, 0.6) is 5.75 Å². The summed E-state index contributed by atoms with van der Waals surface area (Å²) in [6, 6.07) is 20.9. The van der Waals surface area contributed by atoms with E-state index in [-0.39, 0.29) is 18.4 Å². The molecule has 0 unspecified atom stereocenters. The third kappa shape index (κ3) is 3.92. The molecule has 2 amide bonds. The standard InChI is InChI=1S/C25H24N2O3/c1-3-19-8-6-7-17(2)24(19)26-25(29)20-13-11-18(12-14-20)15-27-21-9-4-5-10-22(21)30-16-23(27)28/h4-14H,3,15-16H2,1-2H3,(H,26,29). The molecule has 0 bridgehead atoms. The Bertz CT molecular complexity index is 1090. The van der Waals surface area contributed by atoms with Crippen LogP contribution in [0.1, 0.15) is 34.0 Å². The Kier molecular flexibility index (Phi) is 5.53. The van der Waals surface area contributed by atoms with Gasteiger partial charge in [-0.3, -0.25) is 9.59 Å². The minimum absolute atomic E-state index is 0.0354. The molecule has 1 heterocycles. The molecule has 30 heavy (non-hydrogen) atoms. The van der Waals surface area contributed by atoms with Gasteiger partial charge in [-0.1, -0.05) is 49.4 Å². The average molecular weight is 400 g/mol. The van der Waals surface area contributed by atoms with Crippen molar-refractivity contribution < 1.29 is 14.3 Å². The van der Waals surface area contributed by atoms with E-state index < -0.39 is 0 Å². The average Bonchev–Trinajstić information content (AvgIpc) is 2.77. The molecule has 1 aliphatic rings. The van der Waals surface area contributed by atoms with Crippen LogP contribution < -0.4 is 15.0 Å². The first-order chi connectivity index (χ1) is 14.6. The van der Waals surface area contributed by atoms with Crippen molar-refractivity contribution in [3.63, 3.8) is 0 Å². The summed E-state index contributed by atoms with van der Waals surface area (Å²) in [4.78, 5) is 26.8. The molecule has 0 spiro atoms. The number of benzene rings is 3. The minimum atomic E-state index is -0.140. The Morgan fingerprint density at radius 3 is 2.57 bits per heavy atom. The van der Waals surface area contributed by atoms with Gasteiger partial charge in [0, 0.05) is 11.3 Å². The van der Waals surface area contributed by atoms with E-state index in [2.05, 4.69) is 12.2 Å². The van der Waals surface area contributed by atoms with E-state index in [1.165, 1.54) is 0 Å². The fourth-order valence-electron chi connectivity index (χ4n) is 3.66. The number of hydrogen-bond donors (Lipinski definition) is 1. The van der Waals surface area contributed by atoms with Gasteiger partial charge in [0.2, 0.25) is 0 Å². The minimum Gasteiger partial charge on any atom is -0.482 e. The molecule has 0 saturated carbocycles. The number of aryl methyl sites for hydroxylation is 2. The van der Waals surface area contributed by atoms with Crippen molar-refractivity contribution in [3.8, 4) is 5.75 Å². The number of carbonyl (C=O) groups is 2. The van der Waals surface area contributed by atoms with E-state index in [1.807, 2.05) is 61.5 Å². The summed E-state index contributed by atoms with van der Waals surface area (Å²) in [7, 11) is 0. The fourth-order valence-corrected chi connectivity index (χ4v) is 3.66. The molecule has 0 aromatic heterocycles. The molecule has 4 rings (SSSR count). The van der Waals surface area contributed by atoms with Crippen molar-refractivity contribution >= 4 is 23.2 Å². The predicted molar refractivity (Wildman–Crippen MR) is 118 cm³/mol. The van der Waals surface area contributed by atoms with E-state index in [0.29, 0.717) is 17.9 Å². The zero-order chi connectivity index (χ0) is 21.1. The van der Waals surface area contributed by atoms with Crippen LogP contribution in [0.15, 0.2) is 66.7 Å². The van der Waals surface area contributed by atoms with Crippen LogP contribution in [0.25, 0.3) is 0 Å². The number of ether oxygens (including phenoxy) is 1. The van der Waals surface area contributed by atoms with E-state index >= 15 is 0 Å². The second kappa shape index (κ2) is 8.41. The number of nitrogens with one attached hydrogen (secondary N) is 1. The van der Waals surface area contributed by atoms with Gasteiger partial charge in [0.25, 0.3) is 11.8 Å². The molecule has 0 saturated heterocycles. The van der Waals surface area contributed by atoms with Gasteiger partial charge < -0.3 is 15.0 Å². The highest BCUT2D eigenvalue weighted by molar-refractivity contribution is 6.05. The molecule has 0 radical (unpaired) electrons. The lowest BCUT2D eigenvalue weighted by Gasteiger charge is -2.29. The maximum Gasteiger partial charge on any atom is 0.265 e. The van der Waals surface area contributed by atoms with Gasteiger partial charge in [-0.25, -0.2) is 0 Å². The van der Waals surface area contributed by atoms with E-state index in [0.717, 1.165) is 34.5 Å². The topological polar surface area (TPSA) is 58.6 Å². The van der Waals surface area contributed by atoms with Gasteiger partial charge in [0.15, 0.2) is 6.61 Å². The van der Waals surface area contributed by atoms with Gasteiger partial charge in [0.05, 0.1) is 12.2 Å². The van der Waals surface area contributed by atoms with Crippen LogP contribution in [0.4, 0.5) is 11.4 Å². The largest absolute Gasteiger partial charge is 0.482 e. The summed E-state index contributed by atoms with van der Waals surface area (Å²) in [5, 5.41) is 3.05. The summed E-state index contributed by atoms with van der Waals surface area (Å²) in [5.41, 5.74) is 5.33. The van der Waals surface area contributed by atoms with Gasteiger partial charge in [-0.2, -0.15) is 0 Å². The molecule has 5 nitrogen and oxygen atoms in total. The monoisotopic (exact) mass is 400 g/mol. The molecule has 0 aliphatic carbocycles. The molecule has 1 aliphatic heterocycles. The first-order valence-corrected chi connectivity index (χ1v) is 10.1. The Labute approximate surface area is 176 Å². The van der Waals surface area contributed by atoms with Crippen molar-refractivity contribution in [1.82, 2.24) is 0 Å². The van der Waals surface area contributed by atoms with Crippen LogP contribution in [-0.2, 0) is 17.8 Å². The van der Waals surface area contributed by atoms with Crippen LogP contribution in [0.2, 0.25) is 0 Å². The highest BCUT2D eigenvalue weighted by Gasteiger charge is 2.25. The normalized spacial score (nSPS) is 12.9.